The predicted molar refractivity (Wildman–Crippen MR) is 127 cm³/mol. The summed E-state index contributed by atoms with van der Waals surface area (Å²) in [5.74, 6) is -0.709. The Hall–Kier alpha value is -3.11. The number of amides is 1. The van der Waals surface area contributed by atoms with Crippen LogP contribution < -0.4 is 9.47 Å². The van der Waals surface area contributed by atoms with Crippen LogP contribution in [0.15, 0.2) is 36.9 Å². The second-order valence-corrected chi connectivity index (χ2v) is 9.00. The minimum Gasteiger partial charge on any atom is -0.481 e. The van der Waals surface area contributed by atoms with Crippen LogP contribution in [0.25, 0.3) is 0 Å². The topological polar surface area (TPSA) is 106 Å². The van der Waals surface area contributed by atoms with Gasteiger partial charge in [-0.3, -0.25) is 19.3 Å². The van der Waals surface area contributed by atoms with Crippen molar-refractivity contribution in [3.63, 3.8) is 0 Å². The van der Waals surface area contributed by atoms with Gasteiger partial charge >= 0.3 is 5.97 Å². The van der Waals surface area contributed by atoms with Crippen molar-refractivity contribution >= 4 is 11.9 Å². The lowest BCUT2D eigenvalue weighted by Gasteiger charge is -2.29. The van der Waals surface area contributed by atoms with E-state index in [1.807, 2.05) is 47.7 Å². The smallest absolute Gasteiger partial charge is 0.308 e. The van der Waals surface area contributed by atoms with E-state index in [1.165, 1.54) is 5.06 Å². The van der Waals surface area contributed by atoms with Crippen LogP contribution in [0.5, 0.6) is 11.5 Å². The molecule has 2 aliphatic rings. The molecular weight excluding hydrogens is 452 g/mol. The maximum atomic E-state index is 13.2. The van der Waals surface area contributed by atoms with Crippen molar-refractivity contribution in [3.8, 4) is 11.5 Å². The van der Waals surface area contributed by atoms with Crippen LogP contribution in [0.1, 0.15) is 44.6 Å². The number of carbonyl (C=O) groups is 2. The van der Waals surface area contributed by atoms with E-state index >= 15 is 0 Å². The van der Waals surface area contributed by atoms with Crippen LogP contribution in [0.4, 0.5) is 0 Å². The summed E-state index contributed by atoms with van der Waals surface area (Å²) in [7, 11) is 0. The second-order valence-electron chi connectivity index (χ2n) is 9.00. The molecule has 1 aromatic carbocycles. The molecular formula is C25H34N4O6. The zero-order valence-corrected chi connectivity index (χ0v) is 20.3. The summed E-state index contributed by atoms with van der Waals surface area (Å²) in [5, 5.41) is 11.7. The van der Waals surface area contributed by atoms with Crippen LogP contribution >= 0.6 is 0 Å². The maximum absolute atomic E-state index is 13.2. The fourth-order valence-electron chi connectivity index (χ4n) is 4.95. The third-order valence-electron chi connectivity index (χ3n) is 6.59. The molecule has 0 aliphatic carbocycles. The average molecular weight is 487 g/mol. The summed E-state index contributed by atoms with van der Waals surface area (Å²) in [6.07, 6.45) is 7.43. The summed E-state index contributed by atoms with van der Waals surface area (Å²) < 4.78 is 12.9. The van der Waals surface area contributed by atoms with Crippen molar-refractivity contribution in [3.05, 3.63) is 42.5 Å². The van der Waals surface area contributed by atoms with Gasteiger partial charge in [-0.2, -0.15) is 0 Å². The number of aryl methyl sites for hydroxylation is 1. The molecule has 1 aromatic heterocycles. The van der Waals surface area contributed by atoms with Gasteiger partial charge in [0.1, 0.15) is 0 Å². The first-order chi connectivity index (χ1) is 17.0. The number of carboxylic acids is 1. The molecule has 1 saturated heterocycles. The van der Waals surface area contributed by atoms with Crippen molar-refractivity contribution in [1.29, 1.82) is 0 Å². The van der Waals surface area contributed by atoms with Crippen LogP contribution in [-0.4, -0.2) is 75.6 Å². The molecule has 2 aliphatic heterocycles. The standard InChI is InChI=1S/C25H34N4O6/c1-3-9-29(35-12-4-2)23(30)15-28-14-19(18-5-6-21-22(13-18)34-17-33-21)24(25(31)32)20(28)7-10-27-11-8-26-16-27/h5-6,8,11,13,16,19-20,24H,3-4,7,9-10,12,14-15,17H2,1-2H3,(H,31,32)/t19-,20+,24-/m1/s1. The van der Waals surface area contributed by atoms with E-state index in [4.69, 9.17) is 14.3 Å². The fourth-order valence-corrected chi connectivity index (χ4v) is 4.95. The molecule has 0 unspecified atom stereocenters. The van der Waals surface area contributed by atoms with Crippen LogP contribution in [0.3, 0.4) is 0 Å². The van der Waals surface area contributed by atoms with E-state index in [1.54, 1.807) is 12.5 Å². The molecule has 2 aromatic rings. The molecule has 1 fully saturated rings. The molecule has 35 heavy (non-hydrogen) atoms. The predicted octanol–water partition coefficient (Wildman–Crippen LogP) is 2.75. The Bertz CT molecular complexity index is 998. The van der Waals surface area contributed by atoms with Crippen LogP contribution in [0, 0.1) is 5.92 Å². The number of carboxylic acid groups (broad SMARTS) is 1. The van der Waals surface area contributed by atoms with E-state index in [2.05, 4.69) is 4.98 Å². The molecule has 3 atom stereocenters. The highest BCUT2D eigenvalue weighted by molar-refractivity contribution is 5.78. The van der Waals surface area contributed by atoms with Gasteiger partial charge in [-0.15, -0.1) is 0 Å². The van der Waals surface area contributed by atoms with E-state index in [-0.39, 0.29) is 31.2 Å². The first kappa shape index (κ1) is 25.0. The number of fused-ring (bicyclic) bond motifs is 1. The summed E-state index contributed by atoms with van der Waals surface area (Å²) in [6.45, 7) is 6.27. The number of ether oxygens (including phenoxy) is 2. The number of hydrogen-bond donors (Lipinski definition) is 1. The number of benzene rings is 1. The van der Waals surface area contributed by atoms with Gasteiger partial charge in [0.25, 0.3) is 5.91 Å². The molecule has 10 nitrogen and oxygen atoms in total. The maximum Gasteiger partial charge on any atom is 0.308 e. The van der Waals surface area contributed by atoms with Gasteiger partial charge in [-0.25, -0.2) is 10.0 Å². The number of carbonyl (C=O) groups excluding carboxylic acids is 1. The number of likely N-dealkylation sites (tertiary alicyclic amines) is 1. The fraction of sp³-hybridized carbons (Fsp3) is 0.560. The van der Waals surface area contributed by atoms with Crippen molar-refractivity contribution in [2.45, 2.75) is 51.6 Å². The first-order valence-corrected chi connectivity index (χ1v) is 12.3. The SMILES string of the molecule is CCCON(CCC)C(=O)CN1C[C@H](c2ccc3c(c2)OCO3)[C@@H](C(=O)O)[C@@H]1CCn1ccnc1. The highest BCUT2D eigenvalue weighted by Gasteiger charge is 2.47. The molecule has 0 spiro atoms. The Balaban J connectivity index is 1.58. The summed E-state index contributed by atoms with van der Waals surface area (Å²) in [4.78, 5) is 37.6. The molecule has 0 radical (unpaired) electrons. The van der Waals surface area contributed by atoms with Gasteiger partial charge in [0.05, 0.1) is 25.4 Å². The third-order valence-corrected chi connectivity index (χ3v) is 6.59. The van der Waals surface area contributed by atoms with Crippen molar-refractivity contribution < 1.29 is 29.0 Å². The molecule has 190 valence electrons. The highest BCUT2D eigenvalue weighted by Crippen LogP contribution is 2.42. The highest BCUT2D eigenvalue weighted by atomic mass is 16.7. The van der Waals surface area contributed by atoms with E-state index in [0.717, 1.165) is 18.4 Å². The number of hydrogen-bond acceptors (Lipinski definition) is 7. The van der Waals surface area contributed by atoms with Crippen LogP contribution in [0.2, 0.25) is 0 Å². The van der Waals surface area contributed by atoms with Gasteiger partial charge < -0.3 is 19.1 Å². The number of nitrogens with zero attached hydrogens (tertiary/aromatic N) is 4. The normalized spacial score (nSPS) is 21.4. The number of imidazole rings is 1. The quantitative estimate of drug-likeness (QED) is 0.457. The lowest BCUT2D eigenvalue weighted by Crippen LogP contribution is -2.44. The number of hydroxylamine groups is 2. The molecule has 4 rings (SSSR count). The minimum atomic E-state index is -0.870. The average Bonchev–Trinajstić information content (AvgIpc) is 3.59. The Labute approximate surface area is 205 Å². The van der Waals surface area contributed by atoms with Crippen molar-refractivity contribution in [1.82, 2.24) is 19.5 Å². The number of aromatic nitrogens is 2. The van der Waals surface area contributed by atoms with E-state index in [9.17, 15) is 14.7 Å². The Morgan fingerprint density at radius 3 is 2.77 bits per heavy atom. The summed E-state index contributed by atoms with van der Waals surface area (Å²) >= 11 is 0. The van der Waals surface area contributed by atoms with E-state index < -0.39 is 11.9 Å². The largest absolute Gasteiger partial charge is 0.481 e. The molecule has 1 N–H and O–H groups in total. The third kappa shape index (κ3) is 5.76. The molecule has 3 heterocycles. The van der Waals surface area contributed by atoms with Crippen molar-refractivity contribution in [2.75, 3.05) is 33.0 Å². The first-order valence-electron chi connectivity index (χ1n) is 12.3. The molecule has 0 bridgehead atoms. The van der Waals surface area contributed by atoms with E-state index in [0.29, 0.717) is 44.2 Å². The van der Waals surface area contributed by atoms with Crippen molar-refractivity contribution in [2.24, 2.45) is 5.92 Å². The molecule has 0 saturated carbocycles. The summed E-state index contributed by atoms with van der Waals surface area (Å²) in [6, 6.07) is 5.27. The van der Waals surface area contributed by atoms with Crippen LogP contribution in [-0.2, 0) is 21.0 Å². The van der Waals surface area contributed by atoms with Gasteiger partial charge in [-0.1, -0.05) is 19.9 Å². The second kappa shape index (κ2) is 11.5. The Morgan fingerprint density at radius 1 is 1.23 bits per heavy atom. The zero-order chi connectivity index (χ0) is 24.8. The minimum absolute atomic E-state index is 0.100. The van der Waals surface area contributed by atoms with Gasteiger partial charge in [0.2, 0.25) is 6.79 Å². The lowest BCUT2D eigenvalue weighted by molar-refractivity contribution is -0.188. The molecule has 1 amide bonds. The number of aliphatic carboxylic acids is 1. The molecule has 10 heteroatoms. The zero-order valence-electron chi connectivity index (χ0n) is 20.3. The van der Waals surface area contributed by atoms with Gasteiger partial charge in [-0.05, 0) is 37.0 Å². The van der Waals surface area contributed by atoms with Gasteiger partial charge in [0.15, 0.2) is 11.5 Å². The lowest BCUT2D eigenvalue weighted by atomic mass is 9.84. The summed E-state index contributed by atoms with van der Waals surface area (Å²) in [5.41, 5.74) is 0.872. The Kier molecular flexibility index (Phi) is 8.25. The monoisotopic (exact) mass is 486 g/mol. The van der Waals surface area contributed by atoms with Gasteiger partial charge in [0, 0.05) is 44.0 Å². The number of rotatable bonds is 12. The Morgan fingerprint density at radius 2 is 2.06 bits per heavy atom.